The molecule has 2 nitrogen and oxygen atoms in total. The Hall–Kier alpha value is -0.930. The molecule has 1 heterocycles. The van der Waals surface area contributed by atoms with Crippen molar-refractivity contribution in [1.29, 1.82) is 0 Å². The topological polar surface area (TPSA) is 20.3 Å². The number of carbonyl (C=O) groups excluding carboxylic acids is 1. The van der Waals surface area contributed by atoms with Crippen LogP contribution in [0.4, 0.5) is 0 Å². The Kier molecular flexibility index (Phi) is 5.03. The van der Waals surface area contributed by atoms with Gasteiger partial charge in [0.2, 0.25) is 3.79 Å². The summed E-state index contributed by atoms with van der Waals surface area (Å²) < 4.78 is -1.51. The van der Waals surface area contributed by atoms with Gasteiger partial charge >= 0.3 is 0 Å². The molecule has 0 fully saturated rings. The summed E-state index contributed by atoms with van der Waals surface area (Å²) in [4.78, 5) is 15.3. The zero-order valence-electron chi connectivity index (χ0n) is 14.7. The summed E-state index contributed by atoms with van der Waals surface area (Å²) in [7, 11) is 1.93. The van der Waals surface area contributed by atoms with Gasteiger partial charge in [-0.3, -0.25) is 4.79 Å². The number of hydrogen-bond acceptors (Lipinski definition) is 2. The van der Waals surface area contributed by atoms with Crippen molar-refractivity contribution in [2.75, 3.05) is 7.05 Å². The highest BCUT2D eigenvalue weighted by molar-refractivity contribution is 6.66. The molecule has 0 amide bonds. The van der Waals surface area contributed by atoms with E-state index in [0.717, 1.165) is 16.8 Å². The number of Topliss-reactive ketones (excluding diaryl/α,β-unsaturated/α-hetero) is 1. The lowest BCUT2D eigenvalue weighted by molar-refractivity contribution is 0.0814. The SMILES string of the molecule is C=C1C2=C(C=CC1Cl)N(C)C(C(=O)c1ccc(C(Cl)(Cl)Cl)cc1)C2(C)C. The summed E-state index contributed by atoms with van der Waals surface area (Å²) in [6, 6.07) is 6.38. The van der Waals surface area contributed by atoms with Gasteiger partial charge in [0.25, 0.3) is 0 Å². The van der Waals surface area contributed by atoms with E-state index in [1.807, 2.05) is 24.1 Å². The van der Waals surface area contributed by atoms with Crippen molar-refractivity contribution in [3.05, 3.63) is 71.0 Å². The minimum Gasteiger partial charge on any atom is -0.363 e. The molecule has 3 rings (SSSR count). The molecule has 0 saturated heterocycles. The molecule has 1 aliphatic heterocycles. The van der Waals surface area contributed by atoms with E-state index in [-0.39, 0.29) is 17.2 Å². The number of benzene rings is 1. The number of rotatable bonds is 2. The van der Waals surface area contributed by atoms with Crippen LogP contribution in [0.2, 0.25) is 0 Å². The van der Waals surface area contributed by atoms with E-state index in [4.69, 9.17) is 46.4 Å². The molecule has 2 aliphatic rings. The standard InChI is InChI=1S/C20H19Cl4NO/c1-11-14(21)9-10-15-16(11)19(2,3)18(25(15)4)17(26)12-5-7-13(8-6-12)20(22,23)24/h5-10,14,18H,1H2,2-4H3. The molecule has 26 heavy (non-hydrogen) atoms. The summed E-state index contributed by atoms with van der Waals surface area (Å²) in [5, 5.41) is -0.251. The highest BCUT2D eigenvalue weighted by Gasteiger charge is 2.50. The van der Waals surface area contributed by atoms with Crippen LogP contribution in [0.15, 0.2) is 59.8 Å². The number of ketones is 1. The summed E-state index contributed by atoms with van der Waals surface area (Å²) in [6.07, 6.45) is 3.88. The first kappa shape index (κ1) is 19.8. The summed E-state index contributed by atoms with van der Waals surface area (Å²) in [6.45, 7) is 8.26. The lowest BCUT2D eigenvalue weighted by Gasteiger charge is -2.33. The molecule has 0 saturated carbocycles. The Bertz CT molecular complexity index is 830. The molecule has 2 atom stereocenters. The summed E-state index contributed by atoms with van der Waals surface area (Å²) in [5.41, 5.74) is 3.56. The fourth-order valence-corrected chi connectivity index (χ4v) is 4.52. The summed E-state index contributed by atoms with van der Waals surface area (Å²) in [5.74, 6) is 0.00934. The Morgan fingerprint density at radius 3 is 2.31 bits per heavy atom. The first-order chi connectivity index (χ1) is 12.0. The van der Waals surface area contributed by atoms with Gasteiger partial charge in [-0.2, -0.15) is 0 Å². The van der Waals surface area contributed by atoms with Gasteiger partial charge in [-0.05, 0) is 17.2 Å². The number of allylic oxidation sites excluding steroid dienone is 3. The molecular weight excluding hydrogens is 412 g/mol. The van der Waals surface area contributed by atoms with Crippen molar-refractivity contribution in [3.63, 3.8) is 0 Å². The Balaban J connectivity index is 1.96. The molecule has 138 valence electrons. The average Bonchev–Trinajstić information content (AvgIpc) is 2.76. The maximum atomic E-state index is 13.3. The average molecular weight is 431 g/mol. The normalized spacial score (nSPS) is 24.9. The second kappa shape index (κ2) is 6.60. The van der Waals surface area contributed by atoms with Gasteiger partial charge in [0.15, 0.2) is 5.78 Å². The van der Waals surface area contributed by atoms with Crippen molar-refractivity contribution < 1.29 is 4.79 Å². The zero-order valence-corrected chi connectivity index (χ0v) is 17.7. The van der Waals surface area contributed by atoms with Crippen LogP contribution < -0.4 is 0 Å². The van der Waals surface area contributed by atoms with E-state index in [0.29, 0.717) is 11.1 Å². The van der Waals surface area contributed by atoms with E-state index < -0.39 is 9.21 Å². The quantitative estimate of drug-likeness (QED) is 0.422. The van der Waals surface area contributed by atoms with Crippen LogP contribution in [0, 0.1) is 5.41 Å². The minimum atomic E-state index is -1.51. The molecular formula is C20H19Cl4NO. The van der Waals surface area contributed by atoms with Crippen LogP contribution in [-0.2, 0) is 3.79 Å². The smallest absolute Gasteiger partial charge is 0.216 e. The number of hydrogen-bond donors (Lipinski definition) is 0. The van der Waals surface area contributed by atoms with E-state index in [2.05, 4.69) is 20.4 Å². The molecule has 2 unspecified atom stereocenters. The number of likely N-dealkylation sites (N-methyl/N-ethyl adjacent to an activating group) is 1. The molecule has 1 aromatic rings. The Morgan fingerprint density at radius 1 is 1.19 bits per heavy atom. The van der Waals surface area contributed by atoms with Crippen LogP contribution in [0.5, 0.6) is 0 Å². The van der Waals surface area contributed by atoms with Crippen molar-refractivity contribution in [2.45, 2.75) is 29.1 Å². The van der Waals surface area contributed by atoms with Gasteiger partial charge in [0, 0.05) is 29.3 Å². The molecule has 6 heteroatoms. The van der Waals surface area contributed by atoms with Crippen LogP contribution in [0.3, 0.4) is 0 Å². The Morgan fingerprint density at radius 2 is 1.77 bits per heavy atom. The predicted molar refractivity (Wildman–Crippen MR) is 110 cm³/mol. The van der Waals surface area contributed by atoms with Gasteiger partial charge < -0.3 is 4.90 Å². The van der Waals surface area contributed by atoms with Crippen molar-refractivity contribution in [3.8, 4) is 0 Å². The maximum Gasteiger partial charge on any atom is 0.216 e. The third-order valence-electron chi connectivity index (χ3n) is 5.17. The Labute approximate surface area is 174 Å². The maximum absolute atomic E-state index is 13.3. The minimum absolute atomic E-state index is 0.00934. The number of alkyl halides is 4. The van der Waals surface area contributed by atoms with Crippen molar-refractivity contribution in [2.24, 2.45) is 5.41 Å². The van der Waals surface area contributed by atoms with Gasteiger partial charge in [-0.1, -0.05) is 85.6 Å². The summed E-state index contributed by atoms with van der Waals surface area (Å²) >= 11 is 24.1. The third-order valence-corrected chi connectivity index (χ3v) is 6.24. The molecule has 1 aliphatic carbocycles. The fraction of sp³-hybridized carbons (Fsp3) is 0.350. The first-order valence-corrected chi connectivity index (χ1v) is 9.73. The lowest BCUT2D eigenvalue weighted by atomic mass is 9.73. The van der Waals surface area contributed by atoms with Crippen LogP contribution >= 0.6 is 46.4 Å². The van der Waals surface area contributed by atoms with E-state index in [1.165, 1.54) is 0 Å². The lowest BCUT2D eigenvalue weighted by Crippen LogP contribution is -2.43. The monoisotopic (exact) mass is 429 g/mol. The van der Waals surface area contributed by atoms with Gasteiger partial charge in [-0.25, -0.2) is 0 Å². The van der Waals surface area contributed by atoms with E-state index in [1.54, 1.807) is 24.3 Å². The van der Waals surface area contributed by atoms with Crippen LogP contribution in [-0.4, -0.2) is 29.1 Å². The molecule has 0 bridgehead atoms. The van der Waals surface area contributed by atoms with E-state index >= 15 is 0 Å². The highest BCUT2D eigenvalue weighted by atomic mass is 35.6. The van der Waals surface area contributed by atoms with Crippen molar-refractivity contribution >= 4 is 52.2 Å². The predicted octanol–water partition coefficient (Wildman–Crippen LogP) is 6.02. The van der Waals surface area contributed by atoms with Crippen molar-refractivity contribution in [1.82, 2.24) is 4.90 Å². The van der Waals surface area contributed by atoms with Gasteiger partial charge in [0.05, 0.1) is 5.38 Å². The molecule has 0 radical (unpaired) electrons. The number of halogens is 4. The second-order valence-electron chi connectivity index (χ2n) is 7.22. The largest absolute Gasteiger partial charge is 0.363 e. The second-order valence-corrected chi connectivity index (χ2v) is 9.97. The molecule has 1 aromatic carbocycles. The highest BCUT2D eigenvalue weighted by Crippen LogP contribution is 2.50. The van der Waals surface area contributed by atoms with E-state index in [9.17, 15) is 4.79 Å². The molecule has 0 spiro atoms. The van der Waals surface area contributed by atoms with Crippen LogP contribution in [0.1, 0.15) is 29.8 Å². The van der Waals surface area contributed by atoms with Gasteiger partial charge in [-0.15, -0.1) is 11.6 Å². The zero-order chi connectivity index (χ0) is 19.4. The fourth-order valence-electron chi connectivity index (χ4n) is 3.96. The van der Waals surface area contributed by atoms with Gasteiger partial charge in [0.1, 0.15) is 6.04 Å². The first-order valence-electron chi connectivity index (χ1n) is 8.16. The van der Waals surface area contributed by atoms with Crippen LogP contribution in [0.25, 0.3) is 0 Å². The third kappa shape index (κ3) is 3.11. The number of carbonyl (C=O) groups is 1. The molecule has 0 aromatic heterocycles. The number of nitrogens with zero attached hydrogens (tertiary/aromatic N) is 1. The molecule has 0 N–H and O–H groups in total.